The lowest BCUT2D eigenvalue weighted by atomic mass is 10.3. The maximum Gasteiger partial charge on any atom is 0.203 e. The third kappa shape index (κ3) is 1.82. The molecule has 2 aromatic rings. The van der Waals surface area contributed by atoms with Gasteiger partial charge in [-0.15, -0.1) is 5.10 Å². The molecule has 0 radical (unpaired) electrons. The summed E-state index contributed by atoms with van der Waals surface area (Å²) in [5.74, 6) is -0.163. The Balaban J connectivity index is 2.45. The molecule has 0 aliphatic heterocycles. The van der Waals surface area contributed by atoms with Crippen LogP contribution in [-0.2, 0) is 6.54 Å². The Kier molecular flexibility index (Phi) is 2.64. The van der Waals surface area contributed by atoms with Gasteiger partial charge in [-0.2, -0.15) is 0 Å². The highest BCUT2D eigenvalue weighted by molar-refractivity contribution is 5.48. The molecule has 15 heavy (non-hydrogen) atoms. The van der Waals surface area contributed by atoms with E-state index >= 15 is 0 Å². The van der Waals surface area contributed by atoms with Crippen molar-refractivity contribution in [2.75, 3.05) is 6.54 Å². The predicted octanol–water partition coefficient (Wildman–Crippen LogP) is -0.167. The summed E-state index contributed by atoms with van der Waals surface area (Å²) >= 11 is 0. The first kappa shape index (κ1) is 9.66. The molecule has 0 saturated carbocycles. The van der Waals surface area contributed by atoms with Crippen LogP contribution in [0.3, 0.4) is 0 Å². The molecule has 0 saturated heterocycles. The molecule has 0 aromatic carbocycles. The van der Waals surface area contributed by atoms with Gasteiger partial charge in [-0.05, 0) is 22.6 Å². The normalized spacial score (nSPS) is 10.5. The molecule has 78 valence electrons. The van der Waals surface area contributed by atoms with Crippen molar-refractivity contribution in [3.63, 3.8) is 0 Å². The van der Waals surface area contributed by atoms with E-state index in [4.69, 9.17) is 5.73 Å². The summed E-state index contributed by atoms with van der Waals surface area (Å²) < 4.78 is 14.8. The molecule has 0 unspecified atom stereocenters. The minimum Gasteiger partial charge on any atom is -0.329 e. The molecule has 2 aromatic heterocycles. The Hall–Kier alpha value is -1.89. The standard InChI is InChI=1S/C8H9FN6/c9-6-2-1-4-11-7(6)8-12-13-14-15(8)5-3-10/h1-2,4H,3,5,10H2. The van der Waals surface area contributed by atoms with Gasteiger partial charge in [0.25, 0.3) is 0 Å². The average Bonchev–Trinajstić information content (AvgIpc) is 2.67. The quantitative estimate of drug-likeness (QED) is 0.757. The van der Waals surface area contributed by atoms with Crippen molar-refractivity contribution in [1.29, 1.82) is 0 Å². The minimum atomic E-state index is -0.453. The molecule has 0 bridgehead atoms. The lowest BCUT2D eigenvalue weighted by molar-refractivity contribution is 0.591. The monoisotopic (exact) mass is 208 g/mol. The molecule has 0 atom stereocenters. The zero-order valence-corrected chi connectivity index (χ0v) is 7.84. The number of nitrogens with zero attached hydrogens (tertiary/aromatic N) is 5. The fraction of sp³-hybridized carbons (Fsp3) is 0.250. The number of halogens is 1. The first-order valence-electron chi connectivity index (χ1n) is 4.40. The third-order valence-electron chi connectivity index (χ3n) is 1.84. The van der Waals surface area contributed by atoms with E-state index in [2.05, 4.69) is 20.5 Å². The van der Waals surface area contributed by atoms with Crippen molar-refractivity contribution in [2.24, 2.45) is 5.73 Å². The summed E-state index contributed by atoms with van der Waals surface area (Å²) in [7, 11) is 0. The molecular formula is C8H9FN6. The zero-order valence-electron chi connectivity index (χ0n) is 7.84. The maximum atomic E-state index is 13.4. The fourth-order valence-corrected chi connectivity index (χ4v) is 1.20. The van der Waals surface area contributed by atoms with Crippen LogP contribution in [0.4, 0.5) is 4.39 Å². The van der Waals surface area contributed by atoms with Crippen LogP contribution in [-0.4, -0.2) is 31.7 Å². The van der Waals surface area contributed by atoms with Crippen LogP contribution in [0.1, 0.15) is 0 Å². The van der Waals surface area contributed by atoms with Crippen molar-refractivity contribution in [1.82, 2.24) is 25.2 Å². The van der Waals surface area contributed by atoms with Gasteiger partial charge in [0.1, 0.15) is 5.69 Å². The Bertz CT molecular complexity index is 454. The van der Waals surface area contributed by atoms with Crippen LogP contribution in [0.15, 0.2) is 18.3 Å². The molecule has 0 fully saturated rings. The SMILES string of the molecule is NCCn1nnnc1-c1ncccc1F. The van der Waals surface area contributed by atoms with Gasteiger partial charge in [-0.1, -0.05) is 0 Å². The van der Waals surface area contributed by atoms with Crippen LogP contribution >= 0.6 is 0 Å². The second-order valence-electron chi connectivity index (χ2n) is 2.85. The molecule has 2 heterocycles. The fourth-order valence-electron chi connectivity index (χ4n) is 1.20. The Labute approximate surface area is 84.9 Å². The molecule has 2 N–H and O–H groups in total. The average molecular weight is 208 g/mol. The lowest BCUT2D eigenvalue weighted by Gasteiger charge is -2.02. The second-order valence-corrected chi connectivity index (χ2v) is 2.85. The van der Waals surface area contributed by atoms with Gasteiger partial charge in [0.05, 0.1) is 6.54 Å². The van der Waals surface area contributed by atoms with E-state index < -0.39 is 5.82 Å². The zero-order chi connectivity index (χ0) is 10.7. The minimum absolute atomic E-state index is 0.135. The van der Waals surface area contributed by atoms with Gasteiger partial charge in [0.2, 0.25) is 5.82 Å². The van der Waals surface area contributed by atoms with Gasteiger partial charge >= 0.3 is 0 Å². The van der Waals surface area contributed by atoms with Crippen molar-refractivity contribution < 1.29 is 4.39 Å². The number of rotatable bonds is 3. The first-order valence-corrected chi connectivity index (χ1v) is 4.40. The predicted molar refractivity (Wildman–Crippen MR) is 50.1 cm³/mol. The number of nitrogens with two attached hydrogens (primary N) is 1. The Morgan fingerprint density at radius 2 is 2.33 bits per heavy atom. The van der Waals surface area contributed by atoms with Crippen LogP contribution in [0.5, 0.6) is 0 Å². The molecule has 0 aliphatic carbocycles. The van der Waals surface area contributed by atoms with Crippen molar-refractivity contribution in [2.45, 2.75) is 6.54 Å². The molecule has 7 heteroatoms. The highest BCUT2D eigenvalue weighted by Gasteiger charge is 2.13. The van der Waals surface area contributed by atoms with E-state index in [1.165, 1.54) is 23.0 Å². The number of pyridine rings is 1. The van der Waals surface area contributed by atoms with E-state index in [9.17, 15) is 4.39 Å². The largest absolute Gasteiger partial charge is 0.329 e. The van der Waals surface area contributed by atoms with Crippen molar-refractivity contribution in [3.8, 4) is 11.5 Å². The third-order valence-corrected chi connectivity index (χ3v) is 1.84. The smallest absolute Gasteiger partial charge is 0.203 e. The highest BCUT2D eigenvalue weighted by atomic mass is 19.1. The molecule has 0 spiro atoms. The van der Waals surface area contributed by atoms with Crippen LogP contribution in [0, 0.1) is 5.82 Å². The molecular weight excluding hydrogens is 199 g/mol. The summed E-state index contributed by atoms with van der Waals surface area (Å²) in [6.45, 7) is 0.810. The Morgan fingerprint density at radius 3 is 3.07 bits per heavy atom. The topological polar surface area (TPSA) is 82.5 Å². The van der Waals surface area contributed by atoms with Gasteiger partial charge in [0, 0.05) is 12.7 Å². The number of hydrogen-bond acceptors (Lipinski definition) is 5. The van der Waals surface area contributed by atoms with Crippen molar-refractivity contribution >= 4 is 0 Å². The van der Waals surface area contributed by atoms with Gasteiger partial charge in [-0.3, -0.25) is 0 Å². The molecule has 0 aliphatic rings. The second kappa shape index (κ2) is 4.09. The molecule has 6 nitrogen and oxygen atoms in total. The summed E-state index contributed by atoms with van der Waals surface area (Å²) in [5.41, 5.74) is 5.51. The van der Waals surface area contributed by atoms with Crippen LogP contribution in [0.25, 0.3) is 11.5 Å². The van der Waals surface area contributed by atoms with Gasteiger partial charge in [-0.25, -0.2) is 14.1 Å². The molecule has 2 rings (SSSR count). The highest BCUT2D eigenvalue weighted by Crippen LogP contribution is 2.15. The number of hydrogen-bond donors (Lipinski definition) is 1. The summed E-state index contributed by atoms with van der Waals surface area (Å²) in [5, 5.41) is 10.9. The summed E-state index contributed by atoms with van der Waals surface area (Å²) in [4.78, 5) is 3.88. The van der Waals surface area contributed by atoms with E-state index in [1.54, 1.807) is 0 Å². The Morgan fingerprint density at radius 1 is 1.47 bits per heavy atom. The van der Waals surface area contributed by atoms with E-state index in [0.717, 1.165) is 0 Å². The number of aromatic nitrogens is 5. The molecule has 0 amide bonds. The summed E-state index contributed by atoms with van der Waals surface area (Å²) in [6, 6.07) is 2.82. The van der Waals surface area contributed by atoms with E-state index in [1.807, 2.05) is 0 Å². The van der Waals surface area contributed by atoms with Crippen LogP contribution in [0.2, 0.25) is 0 Å². The van der Waals surface area contributed by atoms with E-state index in [0.29, 0.717) is 18.9 Å². The summed E-state index contributed by atoms with van der Waals surface area (Å²) in [6.07, 6.45) is 1.49. The number of tetrazole rings is 1. The van der Waals surface area contributed by atoms with Crippen molar-refractivity contribution in [3.05, 3.63) is 24.1 Å². The lowest BCUT2D eigenvalue weighted by Crippen LogP contribution is -2.13. The maximum absolute atomic E-state index is 13.4. The van der Waals surface area contributed by atoms with Gasteiger partial charge < -0.3 is 5.73 Å². The van der Waals surface area contributed by atoms with Gasteiger partial charge in [0.15, 0.2) is 5.82 Å². The van der Waals surface area contributed by atoms with Crippen LogP contribution < -0.4 is 5.73 Å². The van der Waals surface area contributed by atoms with E-state index in [-0.39, 0.29) is 5.69 Å². The first-order chi connectivity index (χ1) is 7.33.